The van der Waals surface area contributed by atoms with Gasteiger partial charge in [0, 0.05) is 26.7 Å². The van der Waals surface area contributed by atoms with Crippen LogP contribution in [0.5, 0.6) is 0 Å². The molecule has 3 rings (SSSR count). The Labute approximate surface area is 130 Å². The van der Waals surface area contributed by atoms with Crippen LogP contribution in [0.2, 0.25) is 0 Å². The Kier molecular flexibility index (Phi) is 4.14. The molecule has 0 aromatic heterocycles. The maximum absolute atomic E-state index is 4.34. The number of benzene rings is 3. The zero-order valence-electron chi connectivity index (χ0n) is 10.5. The van der Waals surface area contributed by atoms with Crippen molar-refractivity contribution in [3.05, 3.63) is 71.2 Å². The standard InChI is InChI=1S/C16H11BrN2S/c17-15-10-11-16(14-9-5-4-8-13(14)15)18-19-20-12-6-2-1-3-7-12/h1-11H. The van der Waals surface area contributed by atoms with Gasteiger partial charge in [-0.05, 0) is 29.7 Å². The van der Waals surface area contributed by atoms with E-state index < -0.39 is 0 Å². The Hall–Kier alpha value is -1.65. The van der Waals surface area contributed by atoms with Gasteiger partial charge in [0.15, 0.2) is 0 Å². The lowest BCUT2D eigenvalue weighted by Gasteiger charge is -2.02. The molecule has 98 valence electrons. The zero-order valence-corrected chi connectivity index (χ0v) is 12.9. The molecule has 0 N–H and O–H groups in total. The van der Waals surface area contributed by atoms with E-state index in [1.165, 1.54) is 11.9 Å². The summed E-state index contributed by atoms with van der Waals surface area (Å²) >= 11 is 4.93. The van der Waals surface area contributed by atoms with Crippen molar-refractivity contribution in [1.82, 2.24) is 0 Å². The molecule has 4 heteroatoms. The average molecular weight is 343 g/mol. The molecule has 0 amide bonds. The van der Waals surface area contributed by atoms with E-state index >= 15 is 0 Å². The molecule has 0 aliphatic rings. The first-order valence-corrected chi connectivity index (χ1v) is 7.71. The third-order valence-electron chi connectivity index (χ3n) is 2.89. The van der Waals surface area contributed by atoms with Crippen LogP contribution in [-0.2, 0) is 0 Å². The maximum Gasteiger partial charge on any atom is 0.0942 e. The van der Waals surface area contributed by atoms with Crippen LogP contribution in [-0.4, -0.2) is 0 Å². The van der Waals surface area contributed by atoms with Crippen molar-refractivity contribution in [3.63, 3.8) is 0 Å². The third-order valence-corrected chi connectivity index (χ3v) is 4.22. The molecular weight excluding hydrogens is 332 g/mol. The number of hydrogen-bond acceptors (Lipinski definition) is 3. The first-order chi connectivity index (χ1) is 9.84. The average Bonchev–Trinajstić information content (AvgIpc) is 2.51. The highest BCUT2D eigenvalue weighted by molar-refractivity contribution is 9.10. The zero-order chi connectivity index (χ0) is 13.8. The van der Waals surface area contributed by atoms with Gasteiger partial charge in [0.2, 0.25) is 0 Å². The summed E-state index contributed by atoms with van der Waals surface area (Å²) in [7, 11) is 0. The first kappa shape index (κ1) is 13.3. The fourth-order valence-electron chi connectivity index (χ4n) is 1.93. The Balaban J connectivity index is 1.90. The highest BCUT2D eigenvalue weighted by atomic mass is 79.9. The molecule has 0 atom stereocenters. The van der Waals surface area contributed by atoms with Crippen LogP contribution in [0.4, 0.5) is 5.69 Å². The first-order valence-electron chi connectivity index (χ1n) is 6.15. The molecule has 3 aromatic rings. The van der Waals surface area contributed by atoms with Crippen molar-refractivity contribution in [2.75, 3.05) is 0 Å². The fraction of sp³-hybridized carbons (Fsp3) is 0. The van der Waals surface area contributed by atoms with Gasteiger partial charge in [-0.15, -0.1) is 9.63 Å². The molecular formula is C16H11BrN2S. The van der Waals surface area contributed by atoms with E-state index in [2.05, 4.69) is 37.7 Å². The summed E-state index contributed by atoms with van der Waals surface area (Å²) in [5.74, 6) is 0. The Bertz CT molecular complexity index is 757. The molecule has 2 nitrogen and oxygen atoms in total. The fourth-order valence-corrected chi connectivity index (χ4v) is 2.91. The molecule has 0 spiro atoms. The SMILES string of the molecule is Brc1ccc(N=NSc2ccccc2)c2ccccc12. The van der Waals surface area contributed by atoms with Gasteiger partial charge in [0.1, 0.15) is 0 Å². The smallest absolute Gasteiger partial charge is 0.0942 e. The summed E-state index contributed by atoms with van der Waals surface area (Å²) in [4.78, 5) is 1.08. The van der Waals surface area contributed by atoms with E-state index in [0.29, 0.717) is 0 Å². The van der Waals surface area contributed by atoms with Crippen LogP contribution in [0.3, 0.4) is 0 Å². The Morgan fingerprint density at radius 1 is 0.750 bits per heavy atom. The largest absolute Gasteiger partial charge is 0.143 e. The minimum absolute atomic E-state index is 0.882. The number of hydrogen-bond donors (Lipinski definition) is 0. The third kappa shape index (κ3) is 2.92. The van der Waals surface area contributed by atoms with Gasteiger partial charge in [0.05, 0.1) is 5.69 Å². The summed E-state index contributed by atoms with van der Waals surface area (Å²) in [6.07, 6.45) is 0. The van der Waals surface area contributed by atoms with E-state index in [-0.39, 0.29) is 0 Å². The number of halogens is 1. The lowest BCUT2D eigenvalue weighted by atomic mass is 10.1. The van der Waals surface area contributed by atoms with Crippen LogP contribution in [0.25, 0.3) is 10.8 Å². The molecule has 0 fully saturated rings. The summed E-state index contributed by atoms with van der Waals surface area (Å²) in [5, 5.41) is 6.58. The van der Waals surface area contributed by atoms with E-state index in [9.17, 15) is 0 Å². The second-order valence-corrected chi connectivity index (χ2v) is 5.87. The van der Waals surface area contributed by atoms with Crippen LogP contribution in [0.1, 0.15) is 0 Å². The van der Waals surface area contributed by atoms with Crippen LogP contribution in [0, 0.1) is 0 Å². The summed E-state index contributed by atoms with van der Waals surface area (Å²) in [5.41, 5.74) is 0.882. The van der Waals surface area contributed by atoms with Crippen LogP contribution in [0.15, 0.2) is 85.7 Å². The van der Waals surface area contributed by atoms with Crippen molar-refractivity contribution < 1.29 is 0 Å². The number of fused-ring (bicyclic) bond motifs is 1. The van der Waals surface area contributed by atoms with E-state index in [1.807, 2.05) is 54.6 Å². The van der Waals surface area contributed by atoms with E-state index in [1.54, 1.807) is 0 Å². The molecule has 0 unspecified atom stereocenters. The van der Waals surface area contributed by atoms with Gasteiger partial charge in [-0.3, -0.25) is 0 Å². The van der Waals surface area contributed by atoms with Gasteiger partial charge in [-0.1, -0.05) is 58.4 Å². The van der Waals surface area contributed by atoms with Crippen molar-refractivity contribution in [1.29, 1.82) is 0 Å². The molecule has 3 aromatic carbocycles. The lowest BCUT2D eigenvalue weighted by molar-refractivity contribution is 1.34. The van der Waals surface area contributed by atoms with Crippen molar-refractivity contribution in [2.45, 2.75) is 4.90 Å². The minimum Gasteiger partial charge on any atom is -0.143 e. The highest BCUT2D eigenvalue weighted by Gasteiger charge is 2.02. The van der Waals surface area contributed by atoms with E-state index in [4.69, 9.17) is 0 Å². The lowest BCUT2D eigenvalue weighted by Crippen LogP contribution is -1.75. The molecule has 0 saturated heterocycles. The highest BCUT2D eigenvalue weighted by Crippen LogP contribution is 2.33. The molecule has 0 heterocycles. The predicted molar refractivity (Wildman–Crippen MR) is 88.5 cm³/mol. The second-order valence-electron chi connectivity index (χ2n) is 4.20. The molecule has 0 bridgehead atoms. The van der Waals surface area contributed by atoms with Crippen molar-refractivity contribution >= 4 is 44.3 Å². The Morgan fingerprint density at radius 2 is 1.45 bits per heavy atom. The number of nitrogens with zero attached hydrogens (tertiary/aromatic N) is 2. The molecule has 20 heavy (non-hydrogen) atoms. The molecule has 0 aliphatic carbocycles. The van der Waals surface area contributed by atoms with Gasteiger partial charge in [-0.25, -0.2) is 0 Å². The van der Waals surface area contributed by atoms with Crippen LogP contribution >= 0.6 is 27.9 Å². The monoisotopic (exact) mass is 342 g/mol. The van der Waals surface area contributed by atoms with Gasteiger partial charge in [0.25, 0.3) is 0 Å². The van der Waals surface area contributed by atoms with Gasteiger partial charge < -0.3 is 0 Å². The van der Waals surface area contributed by atoms with Crippen molar-refractivity contribution in [3.8, 4) is 0 Å². The molecule has 0 aliphatic heterocycles. The molecule has 0 saturated carbocycles. The Morgan fingerprint density at radius 3 is 2.25 bits per heavy atom. The summed E-state index contributed by atoms with van der Waals surface area (Å²) in [6.45, 7) is 0. The normalized spacial score (nSPS) is 11.2. The quantitative estimate of drug-likeness (QED) is 0.399. The minimum atomic E-state index is 0.882. The second kappa shape index (κ2) is 6.20. The predicted octanol–water partition coefficient (Wildman–Crippen LogP) is 6.39. The summed E-state index contributed by atoms with van der Waals surface area (Å²) in [6, 6.07) is 22.1. The maximum atomic E-state index is 4.34. The molecule has 0 radical (unpaired) electrons. The van der Waals surface area contributed by atoms with Crippen molar-refractivity contribution in [2.24, 2.45) is 9.63 Å². The topological polar surface area (TPSA) is 24.7 Å². The van der Waals surface area contributed by atoms with Gasteiger partial charge >= 0.3 is 0 Å². The van der Waals surface area contributed by atoms with Crippen LogP contribution < -0.4 is 0 Å². The summed E-state index contributed by atoms with van der Waals surface area (Å²) < 4.78 is 5.29. The number of rotatable bonds is 3. The van der Waals surface area contributed by atoms with Gasteiger partial charge in [-0.2, -0.15) is 0 Å². The van der Waals surface area contributed by atoms with E-state index in [0.717, 1.165) is 25.8 Å².